The molecule has 0 unspecified atom stereocenters. The highest BCUT2D eigenvalue weighted by atomic mass is 79.9. The van der Waals surface area contributed by atoms with E-state index in [1.807, 2.05) is 24.3 Å². The second-order valence-electron chi connectivity index (χ2n) is 6.63. The summed E-state index contributed by atoms with van der Waals surface area (Å²) in [4.78, 5) is 12.4. The van der Waals surface area contributed by atoms with Crippen molar-refractivity contribution < 1.29 is 13.2 Å². The lowest BCUT2D eigenvalue weighted by Gasteiger charge is -2.33. The Morgan fingerprint density at radius 3 is 2.40 bits per heavy atom. The quantitative estimate of drug-likeness (QED) is 0.778. The molecule has 8 heteroatoms. The Hall–Kier alpha value is -0.960. The molecule has 0 spiro atoms. The molecule has 0 radical (unpaired) electrons. The first kappa shape index (κ1) is 18.8. The van der Waals surface area contributed by atoms with E-state index in [-0.39, 0.29) is 11.8 Å². The van der Waals surface area contributed by atoms with E-state index in [0.29, 0.717) is 45.6 Å². The van der Waals surface area contributed by atoms with Gasteiger partial charge in [-0.1, -0.05) is 28.1 Å². The van der Waals surface area contributed by atoms with E-state index in [9.17, 15) is 13.2 Å². The van der Waals surface area contributed by atoms with Crippen molar-refractivity contribution >= 4 is 32.0 Å². The summed E-state index contributed by atoms with van der Waals surface area (Å²) in [6, 6.07) is 7.83. The fraction of sp³-hybridized carbons (Fsp3) is 0.588. The highest BCUT2D eigenvalue weighted by molar-refractivity contribution is 9.10. The second kappa shape index (κ2) is 8.16. The van der Waals surface area contributed by atoms with E-state index in [4.69, 9.17) is 0 Å². The minimum Gasteiger partial charge on any atom is -0.352 e. The fourth-order valence-corrected chi connectivity index (χ4v) is 5.58. The molecule has 2 saturated heterocycles. The molecule has 0 atom stereocenters. The molecule has 2 heterocycles. The van der Waals surface area contributed by atoms with Crippen molar-refractivity contribution in [3.8, 4) is 0 Å². The molecule has 2 aliphatic rings. The van der Waals surface area contributed by atoms with Crippen LogP contribution in [0.15, 0.2) is 28.7 Å². The van der Waals surface area contributed by atoms with Crippen LogP contribution >= 0.6 is 15.9 Å². The third kappa shape index (κ3) is 4.61. The van der Waals surface area contributed by atoms with Crippen LogP contribution < -0.4 is 5.32 Å². The lowest BCUT2D eigenvalue weighted by Crippen LogP contribution is -2.48. The average Bonchev–Trinajstić information content (AvgIpc) is 3.15. The third-order valence-corrected chi connectivity index (χ3v) is 7.43. The summed E-state index contributed by atoms with van der Waals surface area (Å²) in [5, 5.41) is 2.97. The van der Waals surface area contributed by atoms with Crippen LogP contribution in [0.25, 0.3) is 0 Å². The van der Waals surface area contributed by atoms with Crippen molar-refractivity contribution in [1.82, 2.24) is 13.9 Å². The summed E-state index contributed by atoms with van der Waals surface area (Å²) in [6.45, 7) is 2.58. The first-order chi connectivity index (χ1) is 12.0. The highest BCUT2D eigenvalue weighted by Crippen LogP contribution is 2.24. The van der Waals surface area contributed by atoms with Crippen molar-refractivity contribution in [3.63, 3.8) is 0 Å². The number of amides is 1. The van der Waals surface area contributed by atoms with Gasteiger partial charge >= 0.3 is 0 Å². The van der Waals surface area contributed by atoms with Crippen molar-refractivity contribution in [2.24, 2.45) is 5.92 Å². The molecule has 1 aromatic rings. The number of nitrogens with zero attached hydrogens (tertiary/aromatic N) is 2. The minimum atomic E-state index is -3.34. The van der Waals surface area contributed by atoms with Crippen LogP contribution in [-0.2, 0) is 21.5 Å². The maximum atomic E-state index is 12.6. The summed E-state index contributed by atoms with van der Waals surface area (Å²) < 4.78 is 29.2. The number of carbonyl (C=O) groups is 1. The van der Waals surface area contributed by atoms with Crippen LogP contribution in [0.5, 0.6) is 0 Å². The number of hydrogen-bond donors (Lipinski definition) is 1. The van der Waals surface area contributed by atoms with E-state index >= 15 is 0 Å². The molecule has 2 fully saturated rings. The van der Waals surface area contributed by atoms with Crippen LogP contribution in [0.4, 0.5) is 0 Å². The zero-order chi connectivity index (χ0) is 17.9. The SMILES string of the molecule is O=C(NCc1cccc(Br)c1)C1CCN(S(=O)(=O)N2CCCC2)CC1. The van der Waals surface area contributed by atoms with Gasteiger partial charge in [0.1, 0.15) is 0 Å². The van der Waals surface area contributed by atoms with Crippen LogP contribution in [0.2, 0.25) is 0 Å². The molecule has 138 valence electrons. The zero-order valence-electron chi connectivity index (χ0n) is 14.2. The molecule has 25 heavy (non-hydrogen) atoms. The fourth-order valence-electron chi connectivity index (χ4n) is 3.41. The molecule has 1 N–H and O–H groups in total. The molecule has 0 saturated carbocycles. The predicted molar refractivity (Wildman–Crippen MR) is 100 cm³/mol. The maximum absolute atomic E-state index is 12.6. The van der Waals surface area contributed by atoms with Crippen molar-refractivity contribution in [1.29, 1.82) is 0 Å². The van der Waals surface area contributed by atoms with Gasteiger partial charge in [-0.05, 0) is 43.4 Å². The minimum absolute atomic E-state index is 0.0122. The van der Waals surface area contributed by atoms with Gasteiger partial charge in [-0.25, -0.2) is 0 Å². The number of hydrogen-bond acceptors (Lipinski definition) is 3. The molecular weight excluding hydrogens is 406 g/mol. The summed E-state index contributed by atoms with van der Waals surface area (Å²) >= 11 is 3.42. The van der Waals surface area contributed by atoms with Gasteiger partial charge in [0.2, 0.25) is 5.91 Å². The van der Waals surface area contributed by atoms with E-state index in [1.54, 1.807) is 4.31 Å². The zero-order valence-corrected chi connectivity index (χ0v) is 16.6. The first-order valence-electron chi connectivity index (χ1n) is 8.74. The maximum Gasteiger partial charge on any atom is 0.281 e. The number of rotatable bonds is 5. The van der Waals surface area contributed by atoms with Gasteiger partial charge in [0.25, 0.3) is 10.2 Å². The summed E-state index contributed by atoms with van der Waals surface area (Å²) in [6.07, 6.45) is 3.04. The van der Waals surface area contributed by atoms with Gasteiger partial charge < -0.3 is 5.32 Å². The monoisotopic (exact) mass is 429 g/mol. The normalized spacial score (nSPS) is 20.7. The molecular formula is C17H24BrN3O3S. The van der Waals surface area contributed by atoms with Gasteiger partial charge in [-0.2, -0.15) is 17.0 Å². The Kier molecular flexibility index (Phi) is 6.14. The third-order valence-electron chi connectivity index (χ3n) is 4.90. The topological polar surface area (TPSA) is 69.7 Å². The number of benzene rings is 1. The van der Waals surface area contributed by atoms with Crippen LogP contribution in [0, 0.1) is 5.92 Å². The standard InChI is InChI=1S/C17H24BrN3O3S/c18-16-5-3-4-14(12-16)13-19-17(22)15-6-10-21(11-7-15)25(23,24)20-8-1-2-9-20/h3-5,12,15H,1-2,6-11,13H2,(H,19,22). The van der Waals surface area contributed by atoms with Gasteiger partial charge in [-0.15, -0.1) is 0 Å². The Balaban J connectivity index is 1.49. The van der Waals surface area contributed by atoms with Gasteiger partial charge in [0, 0.05) is 43.1 Å². The van der Waals surface area contributed by atoms with E-state index < -0.39 is 10.2 Å². The number of nitrogens with one attached hydrogen (secondary N) is 1. The van der Waals surface area contributed by atoms with E-state index in [1.165, 1.54) is 4.31 Å². The summed E-state index contributed by atoms with van der Waals surface area (Å²) in [5.41, 5.74) is 1.04. The van der Waals surface area contributed by atoms with E-state index in [0.717, 1.165) is 22.9 Å². The van der Waals surface area contributed by atoms with Gasteiger partial charge in [0.05, 0.1) is 0 Å². The van der Waals surface area contributed by atoms with Crippen molar-refractivity contribution in [3.05, 3.63) is 34.3 Å². The molecule has 2 aliphatic heterocycles. The molecule has 6 nitrogen and oxygen atoms in total. The Labute approximate surface area is 157 Å². The summed E-state index contributed by atoms with van der Waals surface area (Å²) in [7, 11) is -3.34. The first-order valence-corrected chi connectivity index (χ1v) is 10.9. The number of carbonyl (C=O) groups excluding carboxylic acids is 1. The molecule has 3 rings (SSSR count). The van der Waals surface area contributed by atoms with Crippen molar-refractivity contribution in [2.45, 2.75) is 32.2 Å². The van der Waals surface area contributed by atoms with Gasteiger partial charge in [-0.3, -0.25) is 4.79 Å². The Bertz CT molecular complexity index is 712. The molecule has 0 bridgehead atoms. The molecule has 0 aliphatic carbocycles. The van der Waals surface area contributed by atoms with E-state index in [2.05, 4.69) is 21.2 Å². The second-order valence-corrected chi connectivity index (χ2v) is 9.48. The lowest BCUT2D eigenvalue weighted by molar-refractivity contribution is -0.126. The average molecular weight is 430 g/mol. The molecule has 1 amide bonds. The van der Waals surface area contributed by atoms with Crippen LogP contribution in [0.1, 0.15) is 31.2 Å². The highest BCUT2D eigenvalue weighted by Gasteiger charge is 2.35. The smallest absolute Gasteiger partial charge is 0.281 e. The van der Waals surface area contributed by atoms with Crippen LogP contribution in [0.3, 0.4) is 0 Å². The largest absolute Gasteiger partial charge is 0.352 e. The van der Waals surface area contributed by atoms with Crippen molar-refractivity contribution in [2.75, 3.05) is 26.2 Å². The van der Waals surface area contributed by atoms with Crippen LogP contribution in [-0.4, -0.2) is 49.1 Å². The van der Waals surface area contributed by atoms with Gasteiger partial charge in [0.15, 0.2) is 0 Å². The molecule has 1 aromatic carbocycles. The number of halogens is 1. The number of piperidine rings is 1. The molecule has 0 aromatic heterocycles. The Morgan fingerprint density at radius 2 is 1.76 bits per heavy atom. The predicted octanol–water partition coefficient (Wildman–Crippen LogP) is 2.12. The summed E-state index contributed by atoms with van der Waals surface area (Å²) in [5.74, 6) is -0.102. The Morgan fingerprint density at radius 1 is 1.12 bits per heavy atom. The lowest BCUT2D eigenvalue weighted by atomic mass is 9.97.